The van der Waals surface area contributed by atoms with Crippen LogP contribution in [-0.2, 0) is 0 Å². The largest absolute Gasteiger partial charge is 0.373 e. The fourth-order valence-corrected chi connectivity index (χ4v) is 2.81. The summed E-state index contributed by atoms with van der Waals surface area (Å²) in [5, 5.41) is 3.10. The molecule has 0 saturated carbocycles. The summed E-state index contributed by atoms with van der Waals surface area (Å²) in [6.07, 6.45) is 1.18. The van der Waals surface area contributed by atoms with Crippen LogP contribution in [0.1, 0.15) is 23.7 Å². The molecule has 1 saturated heterocycles. The van der Waals surface area contributed by atoms with Gasteiger partial charge in [0.1, 0.15) is 17.5 Å². The Hall–Kier alpha value is -2.10. The van der Waals surface area contributed by atoms with Crippen LogP contribution in [0.15, 0.2) is 36.4 Å². The van der Waals surface area contributed by atoms with E-state index in [1.807, 2.05) is 20.0 Å². The number of rotatable bonds is 3. The van der Waals surface area contributed by atoms with Crippen molar-refractivity contribution in [1.82, 2.24) is 9.97 Å². The van der Waals surface area contributed by atoms with Crippen LogP contribution in [0.25, 0.3) is 0 Å². The summed E-state index contributed by atoms with van der Waals surface area (Å²) in [4.78, 5) is 11.3. The van der Waals surface area contributed by atoms with Gasteiger partial charge in [0.15, 0.2) is 0 Å². The predicted molar refractivity (Wildman–Crippen MR) is 82.3 cm³/mol. The fraction of sp³-hybridized carbons (Fsp3) is 0.375. The van der Waals surface area contributed by atoms with Crippen molar-refractivity contribution in [3.63, 3.8) is 0 Å². The minimum Gasteiger partial charge on any atom is -0.373 e. The van der Waals surface area contributed by atoms with Gasteiger partial charge in [-0.15, -0.1) is 0 Å². The zero-order valence-electron chi connectivity index (χ0n) is 12.0. The second kappa shape index (κ2) is 5.49. The Kier molecular flexibility index (Phi) is 3.54. The van der Waals surface area contributed by atoms with E-state index in [4.69, 9.17) is 0 Å². The zero-order chi connectivity index (χ0) is 13.9. The van der Waals surface area contributed by atoms with Gasteiger partial charge in [-0.25, -0.2) is 9.97 Å². The third-order valence-electron chi connectivity index (χ3n) is 3.86. The fourth-order valence-electron chi connectivity index (χ4n) is 2.81. The molecule has 1 N–H and O–H groups in total. The first kappa shape index (κ1) is 12.9. The number of aryl methyl sites for hydroxylation is 1. The van der Waals surface area contributed by atoms with Crippen LogP contribution in [0.4, 0.5) is 11.6 Å². The third-order valence-corrected chi connectivity index (χ3v) is 3.86. The van der Waals surface area contributed by atoms with E-state index in [1.165, 1.54) is 12.0 Å². The van der Waals surface area contributed by atoms with E-state index >= 15 is 0 Å². The Bertz CT molecular complexity index is 582. The summed E-state index contributed by atoms with van der Waals surface area (Å²) in [5.74, 6) is 3.33. The Morgan fingerprint density at radius 1 is 1.20 bits per heavy atom. The van der Waals surface area contributed by atoms with Crippen molar-refractivity contribution in [2.45, 2.75) is 19.3 Å². The molecule has 0 bridgehead atoms. The summed E-state index contributed by atoms with van der Waals surface area (Å²) >= 11 is 0. The van der Waals surface area contributed by atoms with Crippen LogP contribution < -0.4 is 10.2 Å². The van der Waals surface area contributed by atoms with Gasteiger partial charge in [0.25, 0.3) is 0 Å². The second-order valence-corrected chi connectivity index (χ2v) is 5.25. The highest BCUT2D eigenvalue weighted by atomic mass is 15.2. The van der Waals surface area contributed by atoms with Crippen molar-refractivity contribution >= 4 is 11.6 Å². The van der Waals surface area contributed by atoms with Crippen LogP contribution in [0.2, 0.25) is 0 Å². The molecular weight excluding hydrogens is 248 g/mol. The van der Waals surface area contributed by atoms with Crippen molar-refractivity contribution < 1.29 is 0 Å². The monoisotopic (exact) mass is 268 g/mol. The summed E-state index contributed by atoms with van der Waals surface area (Å²) < 4.78 is 0. The average Bonchev–Trinajstić information content (AvgIpc) is 2.97. The van der Waals surface area contributed by atoms with Gasteiger partial charge >= 0.3 is 0 Å². The summed E-state index contributed by atoms with van der Waals surface area (Å²) in [5.41, 5.74) is 1.43. The maximum atomic E-state index is 4.57. The molecule has 1 fully saturated rings. The predicted octanol–water partition coefficient (Wildman–Crippen LogP) is 2.82. The lowest BCUT2D eigenvalue weighted by atomic mass is 9.99. The van der Waals surface area contributed by atoms with E-state index < -0.39 is 0 Å². The Labute approximate surface area is 119 Å². The smallest absolute Gasteiger partial charge is 0.134 e. The van der Waals surface area contributed by atoms with Gasteiger partial charge < -0.3 is 10.2 Å². The molecule has 1 aromatic heterocycles. The number of aromatic nitrogens is 2. The highest BCUT2D eigenvalue weighted by Crippen LogP contribution is 2.30. The summed E-state index contributed by atoms with van der Waals surface area (Å²) in [6, 6.07) is 12.8. The van der Waals surface area contributed by atoms with E-state index in [0.717, 1.165) is 30.5 Å². The number of hydrogen-bond acceptors (Lipinski definition) is 4. The van der Waals surface area contributed by atoms with Crippen molar-refractivity contribution in [1.29, 1.82) is 0 Å². The lowest BCUT2D eigenvalue weighted by molar-refractivity contribution is 0.774. The maximum absolute atomic E-state index is 4.57. The Morgan fingerprint density at radius 3 is 2.75 bits per heavy atom. The molecule has 4 heteroatoms. The standard InChI is InChI=1S/C16H20N4/c1-12-18-15(17-2)10-16(19-12)20-9-8-14(11-20)13-6-4-3-5-7-13/h3-7,10,14H,8-9,11H2,1-2H3,(H,17,18,19). The maximum Gasteiger partial charge on any atom is 0.134 e. The SMILES string of the molecule is CNc1cc(N2CCC(c3ccccc3)C2)nc(C)n1. The molecular formula is C16H20N4. The van der Waals surface area contributed by atoms with E-state index in [2.05, 4.69) is 50.5 Å². The molecule has 1 unspecified atom stereocenters. The summed E-state index contributed by atoms with van der Waals surface area (Å²) in [7, 11) is 1.89. The zero-order valence-corrected chi connectivity index (χ0v) is 12.0. The number of nitrogens with zero attached hydrogens (tertiary/aromatic N) is 3. The highest BCUT2D eigenvalue weighted by Gasteiger charge is 2.25. The Balaban J connectivity index is 1.79. The molecule has 2 heterocycles. The first-order chi connectivity index (χ1) is 9.76. The summed E-state index contributed by atoms with van der Waals surface area (Å²) in [6.45, 7) is 4.03. The van der Waals surface area contributed by atoms with Crippen LogP contribution in [-0.4, -0.2) is 30.1 Å². The van der Waals surface area contributed by atoms with Crippen LogP contribution >= 0.6 is 0 Å². The molecule has 4 nitrogen and oxygen atoms in total. The molecule has 1 aliphatic rings. The van der Waals surface area contributed by atoms with Crippen LogP contribution in [0.3, 0.4) is 0 Å². The molecule has 1 aromatic carbocycles. The third kappa shape index (κ3) is 2.59. The molecule has 1 atom stereocenters. The number of benzene rings is 1. The van der Waals surface area contributed by atoms with Gasteiger partial charge in [-0.3, -0.25) is 0 Å². The van der Waals surface area contributed by atoms with Gasteiger partial charge in [-0.2, -0.15) is 0 Å². The quantitative estimate of drug-likeness (QED) is 0.929. The van der Waals surface area contributed by atoms with Crippen molar-refractivity contribution in [2.24, 2.45) is 0 Å². The van der Waals surface area contributed by atoms with E-state index in [9.17, 15) is 0 Å². The molecule has 3 rings (SSSR count). The van der Waals surface area contributed by atoms with Crippen LogP contribution in [0.5, 0.6) is 0 Å². The molecule has 0 amide bonds. The van der Waals surface area contributed by atoms with E-state index in [1.54, 1.807) is 0 Å². The average molecular weight is 268 g/mol. The molecule has 0 radical (unpaired) electrons. The van der Waals surface area contributed by atoms with Gasteiger partial charge in [0, 0.05) is 32.1 Å². The molecule has 104 valence electrons. The van der Waals surface area contributed by atoms with Gasteiger partial charge in [0.2, 0.25) is 0 Å². The van der Waals surface area contributed by atoms with Gasteiger partial charge in [-0.1, -0.05) is 30.3 Å². The number of hydrogen-bond donors (Lipinski definition) is 1. The lowest BCUT2D eigenvalue weighted by Crippen LogP contribution is -2.21. The van der Waals surface area contributed by atoms with Crippen molar-refractivity contribution in [2.75, 3.05) is 30.4 Å². The second-order valence-electron chi connectivity index (χ2n) is 5.25. The number of nitrogens with one attached hydrogen (secondary N) is 1. The van der Waals surface area contributed by atoms with Gasteiger partial charge in [0.05, 0.1) is 0 Å². The normalized spacial score (nSPS) is 18.3. The first-order valence-corrected chi connectivity index (χ1v) is 7.09. The van der Waals surface area contributed by atoms with Crippen molar-refractivity contribution in [3.05, 3.63) is 47.8 Å². The minimum atomic E-state index is 0.601. The molecule has 2 aromatic rings. The van der Waals surface area contributed by atoms with Crippen molar-refractivity contribution in [3.8, 4) is 0 Å². The van der Waals surface area contributed by atoms with E-state index in [0.29, 0.717) is 5.92 Å². The molecule has 20 heavy (non-hydrogen) atoms. The molecule has 0 aliphatic carbocycles. The van der Waals surface area contributed by atoms with E-state index in [-0.39, 0.29) is 0 Å². The minimum absolute atomic E-state index is 0.601. The molecule has 1 aliphatic heterocycles. The lowest BCUT2D eigenvalue weighted by Gasteiger charge is -2.18. The van der Waals surface area contributed by atoms with Gasteiger partial charge in [-0.05, 0) is 18.9 Å². The number of anilines is 2. The first-order valence-electron chi connectivity index (χ1n) is 7.09. The van der Waals surface area contributed by atoms with Crippen LogP contribution in [0, 0.1) is 6.92 Å². The highest BCUT2D eigenvalue weighted by molar-refractivity contribution is 5.50. The topological polar surface area (TPSA) is 41.0 Å². The Morgan fingerprint density at radius 2 is 2.00 bits per heavy atom. The molecule has 0 spiro atoms.